The Morgan fingerprint density at radius 2 is 2.04 bits per heavy atom. The first-order valence-corrected chi connectivity index (χ1v) is 8.57. The second kappa shape index (κ2) is 9.01. The van der Waals surface area contributed by atoms with E-state index in [2.05, 4.69) is 28.2 Å². The van der Waals surface area contributed by atoms with Gasteiger partial charge in [0.1, 0.15) is 0 Å². The normalized spacial score (nSPS) is 17.5. The highest BCUT2D eigenvalue weighted by Gasteiger charge is 2.19. The molecule has 1 saturated heterocycles. The molecule has 0 saturated carbocycles. The van der Waals surface area contributed by atoms with Crippen LogP contribution in [0.25, 0.3) is 0 Å². The molecule has 0 spiro atoms. The third kappa shape index (κ3) is 6.11. The summed E-state index contributed by atoms with van der Waals surface area (Å²) in [6.45, 7) is 7.48. The Bertz CT molecular complexity index is 530. The molecule has 0 aliphatic carbocycles. The van der Waals surface area contributed by atoms with Crippen LogP contribution >= 0.6 is 0 Å². The second-order valence-electron chi connectivity index (χ2n) is 6.79. The maximum atomic E-state index is 12.2. The number of likely N-dealkylation sites (N-methyl/N-ethyl adjacent to an activating group) is 2. The molecule has 1 fully saturated rings. The van der Waals surface area contributed by atoms with E-state index in [9.17, 15) is 9.90 Å². The van der Waals surface area contributed by atoms with Gasteiger partial charge >= 0.3 is 6.03 Å². The van der Waals surface area contributed by atoms with E-state index in [-0.39, 0.29) is 6.03 Å². The molecule has 6 heteroatoms. The first-order valence-electron chi connectivity index (χ1n) is 8.57. The maximum Gasteiger partial charge on any atom is 0.317 e. The van der Waals surface area contributed by atoms with Gasteiger partial charge in [0.05, 0.1) is 6.10 Å². The zero-order valence-electron chi connectivity index (χ0n) is 15.0. The molecule has 0 aromatic heterocycles. The number of carbonyl (C=O) groups excluding carboxylic acids is 1. The highest BCUT2D eigenvalue weighted by atomic mass is 16.3. The summed E-state index contributed by atoms with van der Waals surface area (Å²) < 4.78 is 0. The first-order chi connectivity index (χ1) is 11.4. The summed E-state index contributed by atoms with van der Waals surface area (Å²) in [6, 6.07) is 7.92. The van der Waals surface area contributed by atoms with Crippen molar-refractivity contribution in [1.29, 1.82) is 0 Å². The van der Waals surface area contributed by atoms with Crippen molar-refractivity contribution in [3.63, 3.8) is 0 Å². The van der Waals surface area contributed by atoms with Crippen LogP contribution in [-0.4, -0.2) is 85.3 Å². The van der Waals surface area contributed by atoms with E-state index < -0.39 is 6.10 Å². The number of hydrogen-bond donors (Lipinski definition) is 2. The lowest BCUT2D eigenvalue weighted by Crippen LogP contribution is -2.49. The Morgan fingerprint density at radius 3 is 2.71 bits per heavy atom. The quantitative estimate of drug-likeness (QED) is 0.806. The van der Waals surface area contributed by atoms with Crippen molar-refractivity contribution >= 4 is 6.03 Å². The predicted molar refractivity (Wildman–Crippen MR) is 96.0 cm³/mol. The summed E-state index contributed by atoms with van der Waals surface area (Å²) in [5.41, 5.74) is 2.26. The molecule has 1 unspecified atom stereocenters. The number of benzene rings is 1. The molecule has 0 bridgehead atoms. The van der Waals surface area contributed by atoms with Gasteiger partial charge in [0.15, 0.2) is 0 Å². The summed E-state index contributed by atoms with van der Waals surface area (Å²) in [6.07, 6.45) is -0.525. The number of aryl methyl sites for hydroxylation is 1. The lowest BCUT2D eigenvalue weighted by molar-refractivity contribution is 0.0658. The van der Waals surface area contributed by atoms with Crippen LogP contribution in [0.4, 0.5) is 4.79 Å². The van der Waals surface area contributed by atoms with E-state index in [1.54, 1.807) is 11.9 Å². The summed E-state index contributed by atoms with van der Waals surface area (Å²) in [7, 11) is 3.83. The number of β-amino-alcohol motifs (C(OH)–C–C–N with tert-alkyl or cyclic N) is 1. The SMILES string of the molecule is Cc1cccc(CNC(=O)N(C)CC(O)CN2CCN(C)CC2)c1. The zero-order valence-corrected chi connectivity index (χ0v) is 15.0. The predicted octanol–water partition coefficient (Wildman–Crippen LogP) is 0.745. The highest BCUT2D eigenvalue weighted by Crippen LogP contribution is 2.04. The van der Waals surface area contributed by atoms with Crippen molar-refractivity contribution in [2.75, 3.05) is 53.4 Å². The molecule has 2 N–H and O–H groups in total. The lowest BCUT2D eigenvalue weighted by Gasteiger charge is -2.34. The fourth-order valence-corrected chi connectivity index (χ4v) is 2.92. The molecule has 24 heavy (non-hydrogen) atoms. The van der Waals surface area contributed by atoms with E-state index in [0.29, 0.717) is 19.6 Å². The van der Waals surface area contributed by atoms with Crippen molar-refractivity contribution in [3.05, 3.63) is 35.4 Å². The van der Waals surface area contributed by atoms with E-state index in [0.717, 1.165) is 31.7 Å². The van der Waals surface area contributed by atoms with Crippen LogP contribution in [-0.2, 0) is 6.54 Å². The number of carbonyl (C=O) groups is 1. The Hall–Kier alpha value is -1.63. The molecule has 1 aromatic carbocycles. The van der Waals surface area contributed by atoms with Crippen LogP contribution in [0, 0.1) is 6.92 Å². The van der Waals surface area contributed by atoms with Crippen molar-refractivity contribution < 1.29 is 9.90 Å². The average Bonchev–Trinajstić information content (AvgIpc) is 2.54. The minimum Gasteiger partial charge on any atom is -0.390 e. The van der Waals surface area contributed by atoms with E-state index in [1.165, 1.54) is 5.56 Å². The first kappa shape index (κ1) is 18.7. The van der Waals surface area contributed by atoms with Gasteiger partial charge in [0.2, 0.25) is 0 Å². The molecule has 1 aliphatic heterocycles. The second-order valence-corrected chi connectivity index (χ2v) is 6.79. The summed E-state index contributed by atoms with van der Waals surface area (Å²) in [5, 5.41) is 13.1. The zero-order chi connectivity index (χ0) is 17.5. The van der Waals surface area contributed by atoms with Crippen LogP contribution in [0.5, 0.6) is 0 Å². The Labute approximate surface area is 145 Å². The fraction of sp³-hybridized carbons (Fsp3) is 0.611. The maximum absolute atomic E-state index is 12.2. The number of aliphatic hydroxyl groups is 1. The van der Waals surface area contributed by atoms with E-state index in [4.69, 9.17) is 0 Å². The van der Waals surface area contributed by atoms with Crippen molar-refractivity contribution in [2.24, 2.45) is 0 Å². The molecule has 2 rings (SSSR count). The monoisotopic (exact) mass is 334 g/mol. The number of piperazine rings is 1. The molecule has 1 aliphatic rings. The van der Waals surface area contributed by atoms with Crippen LogP contribution in [0.1, 0.15) is 11.1 Å². The third-order valence-electron chi connectivity index (χ3n) is 4.42. The van der Waals surface area contributed by atoms with Gasteiger partial charge in [-0.2, -0.15) is 0 Å². The number of amides is 2. The summed E-state index contributed by atoms with van der Waals surface area (Å²) in [4.78, 5) is 18.2. The van der Waals surface area contributed by atoms with Gasteiger partial charge in [0, 0.05) is 52.9 Å². The molecule has 6 nitrogen and oxygen atoms in total. The molecular formula is C18H30N4O2. The number of rotatable bonds is 6. The van der Waals surface area contributed by atoms with Crippen LogP contribution < -0.4 is 5.32 Å². The number of nitrogens with one attached hydrogen (secondary N) is 1. The minimum atomic E-state index is -0.525. The van der Waals surface area contributed by atoms with Crippen molar-refractivity contribution in [3.8, 4) is 0 Å². The van der Waals surface area contributed by atoms with E-state index >= 15 is 0 Å². The minimum absolute atomic E-state index is 0.158. The molecule has 1 aromatic rings. The molecule has 134 valence electrons. The number of aliphatic hydroxyl groups excluding tert-OH is 1. The lowest BCUT2D eigenvalue weighted by atomic mass is 10.1. The Kier molecular flexibility index (Phi) is 7.02. The molecule has 1 atom stereocenters. The van der Waals surface area contributed by atoms with E-state index in [1.807, 2.05) is 25.1 Å². The number of hydrogen-bond acceptors (Lipinski definition) is 4. The van der Waals surface area contributed by atoms with Gasteiger partial charge in [-0.3, -0.25) is 4.90 Å². The van der Waals surface area contributed by atoms with Gasteiger partial charge in [-0.1, -0.05) is 29.8 Å². The Balaban J connectivity index is 1.70. The molecule has 2 amide bonds. The van der Waals surface area contributed by atoms with Gasteiger partial charge in [-0.15, -0.1) is 0 Å². The Morgan fingerprint density at radius 1 is 1.33 bits per heavy atom. The molecule has 0 radical (unpaired) electrons. The average molecular weight is 334 g/mol. The number of urea groups is 1. The molecule has 1 heterocycles. The topological polar surface area (TPSA) is 59.1 Å². The van der Waals surface area contributed by atoms with Crippen LogP contribution in [0.15, 0.2) is 24.3 Å². The summed E-state index contributed by atoms with van der Waals surface area (Å²) >= 11 is 0. The van der Waals surface area contributed by atoms with Crippen LogP contribution in [0.2, 0.25) is 0 Å². The smallest absolute Gasteiger partial charge is 0.317 e. The van der Waals surface area contributed by atoms with Gasteiger partial charge < -0.3 is 20.2 Å². The summed E-state index contributed by atoms with van der Waals surface area (Å²) in [5.74, 6) is 0. The standard InChI is InChI=1S/C18H30N4O2/c1-15-5-4-6-16(11-15)12-19-18(24)21(3)13-17(23)14-22-9-7-20(2)8-10-22/h4-6,11,17,23H,7-10,12-14H2,1-3H3,(H,19,24). The van der Waals surface area contributed by atoms with Crippen molar-refractivity contribution in [2.45, 2.75) is 19.6 Å². The largest absolute Gasteiger partial charge is 0.390 e. The van der Waals surface area contributed by atoms with Gasteiger partial charge in [0.25, 0.3) is 0 Å². The van der Waals surface area contributed by atoms with Gasteiger partial charge in [-0.05, 0) is 19.5 Å². The van der Waals surface area contributed by atoms with Gasteiger partial charge in [-0.25, -0.2) is 4.79 Å². The van der Waals surface area contributed by atoms with Crippen LogP contribution in [0.3, 0.4) is 0 Å². The number of nitrogens with zero attached hydrogens (tertiary/aromatic N) is 3. The fourth-order valence-electron chi connectivity index (χ4n) is 2.92. The van der Waals surface area contributed by atoms with Crippen molar-refractivity contribution in [1.82, 2.24) is 20.0 Å². The highest BCUT2D eigenvalue weighted by molar-refractivity contribution is 5.73. The third-order valence-corrected chi connectivity index (χ3v) is 4.42. The molecular weight excluding hydrogens is 304 g/mol.